The van der Waals surface area contributed by atoms with Gasteiger partial charge in [0, 0.05) is 13.2 Å². The molecule has 3 N–H and O–H groups in total. The topological polar surface area (TPSA) is 118 Å². The average Bonchev–Trinajstić information content (AvgIpc) is 2.14. The Hall–Kier alpha value is -1.18. The predicted octanol–water partition coefficient (Wildman–Crippen LogP) is -2.35. The van der Waals surface area contributed by atoms with Crippen molar-refractivity contribution in [3.8, 4) is 0 Å². The number of aliphatic hydroxyl groups is 2. The van der Waals surface area contributed by atoms with Gasteiger partial charge >= 0.3 is 5.97 Å². The molecule has 0 radical (unpaired) electrons. The first-order valence-electron chi connectivity index (χ1n) is 5.60. The van der Waals surface area contributed by atoms with Gasteiger partial charge in [0.15, 0.2) is 0 Å². The van der Waals surface area contributed by atoms with E-state index in [2.05, 4.69) is 0 Å². The summed E-state index contributed by atoms with van der Waals surface area (Å²) in [5.41, 5.74) is -1.75. The number of hydrogen-bond acceptors (Lipinski definition) is 5. The third-order valence-electron chi connectivity index (χ3n) is 3.06. The molecule has 0 aromatic carbocycles. The molecule has 0 saturated carbocycles. The minimum atomic E-state index is -1.75. The third kappa shape index (κ3) is 3.41. The van der Waals surface area contributed by atoms with Gasteiger partial charge in [-0.05, 0) is 12.8 Å². The second-order valence-electron chi connectivity index (χ2n) is 5.25. The summed E-state index contributed by atoms with van der Waals surface area (Å²) in [5, 5.41) is 38.7. The summed E-state index contributed by atoms with van der Waals surface area (Å²) in [7, 11) is 4.60. The van der Waals surface area contributed by atoms with E-state index in [1.165, 1.54) is 21.1 Å². The zero-order valence-corrected chi connectivity index (χ0v) is 10.9. The number of nitrogens with zero attached hydrogens (tertiary/aromatic N) is 1. The molecule has 0 heterocycles. The Morgan fingerprint density at radius 3 is 1.72 bits per heavy atom. The molecule has 0 aliphatic carbocycles. The monoisotopic (exact) mass is 263 g/mol. The molecule has 0 aromatic heterocycles. The number of rotatable bonds is 8. The van der Waals surface area contributed by atoms with Crippen LogP contribution in [-0.4, -0.2) is 72.1 Å². The molecule has 18 heavy (non-hydrogen) atoms. The van der Waals surface area contributed by atoms with Crippen LogP contribution < -0.4 is 5.11 Å². The maximum absolute atomic E-state index is 11.5. The van der Waals surface area contributed by atoms with Gasteiger partial charge in [-0.15, -0.1) is 0 Å². The molecule has 0 fully saturated rings. The Morgan fingerprint density at radius 2 is 1.56 bits per heavy atom. The first-order chi connectivity index (χ1) is 8.13. The Balaban J connectivity index is 5.75. The Kier molecular flexibility index (Phi) is 5.72. The van der Waals surface area contributed by atoms with Gasteiger partial charge in [0.25, 0.3) is 0 Å². The Morgan fingerprint density at radius 1 is 1.17 bits per heavy atom. The molecule has 7 nitrogen and oxygen atoms in total. The van der Waals surface area contributed by atoms with Gasteiger partial charge in [-0.3, -0.25) is 4.79 Å². The number of aliphatic hydroxyl groups excluding tert-OH is 2. The van der Waals surface area contributed by atoms with E-state index < -0.39 is 36.6 Å². The van der Waals surface area contributed by atoms with Gasteiger partial charge in [0.05, 0.1) is 21.1 Å². The van der Waals surface area contributed by atoms with Crippen LogP contribution in [0.2, 0.25) is 0 Å². The number of aliphatic carboxylic acids is 2. The summed E-state index contributed by atoms with van der Waals surface area (Å²) in [6, 6.07) is -1.37. The number of carboxylic acid groups (broad SMARTS) is 2. The van der Waals surface area contributed by atoms with Gasteiger partial charge in [0.1, 0.15) is 17.4 Å². The smallest absolute Gasteiger partial charge is 0.316 e. The first kappa shape index (κ1) is 16.8. The van der Waals surface area contributed by atoms with Gasteiger partial charge in [-0.1, -0.05) is 0 Å². The van der Waals surface area contributed by atoms with Gasteiger partial charge in [0.2, 0.25) is 0 Å². The summed E-state index contributed by atoms with van der Waals surface area (Å²) >= 11 is 0. The molecular formula is C11H21NO6. The summed E-state index contributed by atoms with van der Waals surface area (Å²) in [4.78, 5) is 22.8. The number of carbonyl (C=O) groups excluding carboxylic acids is 1. The summed E-state index contributed by atoms with van der Waals surface area (Å²) < 4.78 is -0.172. The molecule has 0 spiro atoms. The molecule has 1 unspecified atom stereocenters. The molecule has 0 bridgehead atoms. The molecule has 0 saturated heterocycles. The van der Waals surface area contributed by atoms with Crippen LogP contribution in [0.3, 0.4) is 0 Å². The fraction of sp³-hybridized carbons (Fsp3) is 0.818. The highest BCUT2D eigenvalue weighted by Gasteiger charge is 2.52. The standard InChI is InChI=1S/C11H21NO6/c1-12(2,3)8(9(15)16)11(4-6-13,5-7-14)10(17)18/h8,13-14H,4-7H2,1-3H3,(H-,15,16,17,18). The molecule has 0 aromatic rings. The van der Waals surface area contributed by atoms with E-state index in [9.17, 15) is 19.8 Å². The molecule has 1 atom stereocenters. The van der Waals surface area contributed by atoms with E-state index in [0.29, 0.717) is 0 Å². The van der Waals surface area contributed by atoms with Crippen molar-refractivity contribution >= 4 is 11.9 Å². The summed E-state index contributed by atoms with van der Waals surface area (Å²) in [6.07, 6.45) is -0.506. The molecule has 0 aliphatic rings. The summed E-state index contributed by atoms with van der Waals surface area (Å²) in [5.74, 6) is -2.86. The van der Waals surface area contributed by atoms with Crippen LogP contribution in [0.15, 0.2) is 0 Å². The van der Waals surface area contributed by atoms with Crippen molar-refractivity contribution in [3.05, 3.63) is 0 Å². The van der Waals surface area contributed by atoms with Crippen LogP contribution in [0, 0.1) is 5.41 Å². The quantitative estimate of drug-likeness (QED) is 0.422. The second-order valence-corrected chi connectivity index (χ2v) is 5.25. The van der Waals surface area contributed by atoms with Crippen molar-refractivity contribution in [1.82, 2.24) is 0 Å². The zero-order chi connectivity index (χ0) is 14.6. The number of likely N-dealkylation sites (N-methyl/N-ethyl adjacent to an activating group) is 1. The number of hydrogen-bond donors (Lipinski definition) is 3. The van der Waals surface area contributed by atoms with E-state index in [0.717, 1.165) is 0 Å². The summed E-state index contributed by atoms with van der Waals surface area (Å²) in [6.45, 7) is -0.952. The molecule has 7 heteroatoms. The van der Waals surface area contributed by atoms with Crippen LogP contribution >= 0.6 is 0 Å². The van der Waals surface area contributed by atoms with E-state index in [1.807, 2.05) is 0 Å². The molecule has 106 valence electrons. The van der Waals surface area contributed by atoms with Crippen LogP contribution in [0.5, 0.6) is 0 Å². The lowest BCUT2D eigenvalue weighted by atomic mass is 9.73. The minimum absolute atomic E-state index is 0.172. The van der Waals surface area contributed by atoms with Gasteiger partial charge in [-0.2, -0.15) is 0 Å². The van der Waals surface area contributed by atoms with E-state index in [-0.39, 0.29) is 17.3 Å². The molecule has 0 aliphatic heterocycles. The number of carbonyl (C=O) groups is 2. The van der Waals surface area contributed by atoms with Crippen molar-refractivity contribution in [2.24, 2.45) is 5.41 Å². The highest BCUT2D eigenvalue weighted by Crippen LogP contribution is 2.35. The van der Waals surface area contributed by atoms with Crippen LogP contribution in [0.4, 0.5) is 0 Å². The highest BCUT2D eigenvalue weighted by atomic mass is 16.4. The van der Waals surface area contributed by atoms with E-state index in [4.69, 9.17) is 10.2 Å². The average molecular weight is 263 g/mol. The van der Waals surface area contributed by atoms with E-state index >= 15 is 0 Å². The highest BCUT2D eigenvalue weighted by molar-refractivity contribution is 5.84. The molecular weight excluding hydrogens is 242 g/mol. The van der Waals surface area contributed by atoms with Crippen LogP contribution in [0.25, 0.3) is 0 Å². The Labute approximate surface area is 106 Å². The fourth-order valence-corrected chi connectivity index (χ4v) is 2.41. The lowest BCUT2D eigenvalue weighted by Crippen LogP contribution is -2.65. The lowest BCUT2D eigenvalue weighted by molar-refractivity contribution is -0.896. The largest absolute Gasteiger partial charge is 0.544 e. The minimum Gasteiger partial charge on any atom is -0.544 e. The lowest BCUT2D eigenvalue weighted by Gasteiger charge is -2.45. The van der Waals surface area contributed by atoms with Gasteiger partial charge in [-0.25, -0.2) is 0 Å². The van der Waals surface area contributed by atoms with Gasteiger partial charge < -0.3 is 29.7 Å². The predicted molar refractivity (Wildman–Crippen MR) is 60.3 cm³/mol. The fourth-order valence-electron chi connectivity index (χ4n) is 2.41. The van der Waals surface area contributed by atoms with Crippen molar-refractivity contribution in [2.75, 3.05) is 34.4 Å². The third-order valence-corrected chi connectivity index (χ3v) is 3.06. The van der Waals surface area contributed by atoms with Crippen molar-refractivity contribution in [3.63, 3.8) is 0 Å². The first-order valence-corrected chi connectivity index (χ1v) is 5.60. The van der Waals surface area contributed by atoms with Crippen molar-refractivity contribution < 1.29 is 34.5 Å². The zero-order valence-electron chi connectivity index (χ0n) is 10.9. The van der Waals surface area contributed by atoms with Crippen molar-refractivity contribution in [2.45, 2.75) is 18.9 Å². The number of quaternary nitrogens is 1. The van der Waals surface area contributed by atoms with Crippen LogP contribution in [-0.2, 0) is 9.59 Å². The SMILES string of the molecule is C[N+](C)(C)C(C(=O)[O-])C(CCO)(CCO)C(=O)O. The van der Waals surface area contributed by atoms with Crippen molar-refractivity contribution in [1.29, 1.82) is 0 Å². The molecule has 0 rings (SSSR count). The maximum Gasteiger partial charge on any atom is 0.316 e. The number of carboxylic acids is 2. The second kappa shape index (κ2) is 6.12. The van der Waals surface area contributed by atoms with Crippen LogP contribution in [0.1, 0.15) is 12.8 Å². The Bertz CT molecular complexity index is 303. The normalized spacial score (nSPS) is 14.3. The maximum atomic E-state index is 11.5. The van der Waals surface area contributed by atoms with E-state index in [1.54, 1.807) is 0 Å². The molecule has 0 amide bonds.